The Kier molecular flexibility index (Phi) is 7.86. The van der Waals surface area contributed by atoms with Crippen molar-refractivity contribution in [2.24, 2.45) is 0 Å². The fourth-order valence-electron chi connectivity index (χ4n) is 3.32. The second kappa shape index (κ2) is 10.6. The number of likely N-dealkylation sites (N-methyl/N-ethyl adjacent to an activating group) is 1. The lowest BCUT2D eigenvalue weighted by Crippen LogP contribution is -2.38. The molecule has 6 nitrogen and oxygen atoms in total. The molecule has 156 valence electrons. The molecule has 29 heavy (non-hydrogen) atoms. The molecule has 1 aromatic heterocycles. The van der Waals surface area contributed by atoms with Crippen molar-refractivity contribution in [1.82, 2.24) is 20.1 Å². The van der Waals surface area contributed by atoms with Crippen LogP contribution in [0.25, 0.3) is 0 Å². The summed E-state index contributed by atoms with van der Waals surface area (Å²) >= 11 is 6.38. The minimum atomic E-state index is -0.122. The van der Waals surface area contributed by atoms with E-state index in [0.29, 0.717) is 22.9 Å². The van der Waals surface area contributed by atoms with Crippen LogP contribution in [0.5, 0.6) is 5.75 Å². The van der Waals surface area contributed by atoms with Crippen LogP contribution >= 0.6 is 11.6 Å². The minimum absolute atomic E-state index is 0.122. The third-order valence-electron chi connectivity index (χ3n) is 4.98. The lowest BCUT2D eigenvalue weighted by atomic mass is 10.1. The molecule has 0 unspecified atom stereocenters. The second-order valence-electron chi connectivity index (χ2n) is 7.62. The normalized spacial score (nSPS) is 15.4. The number of pyridine rings is 1. The molecule has 0 aliphatic carbocycles. The highest BCUT2D eigenvalue weighted by Gasteiger charge is 2.22. The molecule has 0 saturated carbocycles. The van der Waals surface area contributed by atoms with E-state index in [-0.39, 0.29) is 12.0 Å². The monoisotopic (exact) mass is 416 g/mol. The lowest BCUT2D eigenvalue weighted by molar-refractivity contribution is 0.0947. The highest BCUT2D eigenvalue weighted by atomic mass is 35.5. The first-order valence-electron chi connectivity index (χ1n) is 10.0. The van der Waals surface area contributed by atoms with Gasteiger partial charge in [0.1, 0.15) is 11.9 Å². The summed E-state index contributed by atoms with van der Waals surface area (Å²) in [6, 6.07) is 11.3. The molecule has 2 aromatic rings. The number of likely N-dealkylation sites (tertiary alicyclic amines) is 1. The van der Waals surface area contributed by atoms with Gasteiger partial charge in [0.2, 0.25) is 0 Å². The maximum atomic E-state index is 12.2. The van der Waals surface area contributed by atoms with Crippen molar-refractivity contribution in [3.8, 4) is 5.75 Å². The van der Waals surface area contributed by atoms with Crippen molar-refractivity contribution in [2.75, 3.05) is 40.3 Å². The number of nitrogens with one attached hydrogen (secondary N) is 1. The van der Waals surface area contributed by atoms with E-state index in [1.807, 2.05) is 37.3 Å². The maximum absolute atomic E-state index is 12.2. The van der Waals surface area contributed by atoms with E-state index in [0.717, 1.165) is 44.7 Å². The Morgan fingerprint density at radius 1 is 1.28 bits per heavy atom. The highest BCUT2D eigenvalue weighted by molar-refractivity contribution is 6.32. The van der Waals surface area contributed by atoms with E-state index < -0.39 is 0 Å². The van der Waals surface area contributed by atoms with Crippen LogP contribution in [0.2, 0.25) is 5.02 Å². The van der Waals surface area contributed by atoms with Crippen molar-refractivity contribution >= 4 is 17.5 Å². The maximum Gasteiger partial charge on any atom is 0.251 e. The van der Waals surface area contributed by atoms with E-state index in [4.69, 9.17) is 16.3 Å². The van der Waals surface area contributed by atoms with Gasteiger partial charge >= 0.3 is 0 Å². The molecular formula is C22H29ClN4O2. The van der Waals surface area contributed by atoms with Gasteiger partial charge in [0.15, 0.2) is 0 Å². The molecule has 1 aliphatic heterocycles. The van der Waals surface area contributed by atoms with Gasteiger partial charge in [-0.05, 0) is 57.3 Å². The van der Waals surface area contributed by atoms with E-state index in [1.165, 1.54) is 0 Å². The fraction of sp³-hybridized carbons (Fsp3) is 0.455. The zero-order chi connectivity index (χ0) is 20.6. The van der Waals surface area contributed by atoms with Gasteiger partial charge < -0.3 is 15.0 Å². The summed E-state index contributed by atoms with van der Waals surface area (Å²) in [5.41, 5.74) is 1.64. The zero-order valence-electron chi connectivity index (χ0n) is 17.1. The van der Waals surface area contributed by atoms with Gasteiger partial charge in [-0.25, -0.2) is 0 Å². The summed E-state index contributed by atoms with van der Waals surface area (Å²) in [6.45, 7) is 4.18. The molecule has 1 aliphatic rings. The molecule has 1 saturated heterocycles. The topological polar surface area (TPSA) is 57.7 Å². The first-order chi connectivity index (χ1) is 14.0. The summed E-state index contributed by atoms with van der Waals surface area (Å²) in [7, 11) is 3.94. The molecular weight excluding hydrogens is 388 g/mol. The number of carbonyl (C=O) groups is 1. The standard InChI is InChI=1S/C22H29ClN4O2/c1-26(2)14-11-25-22(28)17-6-7-21(20(23)15-17)29-19-8-12-27(13-9-19)16-18-5-3-4-10-24-18/h3-7,10,15,19H,8-9,11-14,16H2,1-2H3,(H,25,28). The summed E-state index contributed by atoms with van der Waals surface area (Å²) < 4.78 is 6.12. The van der Waals surface area contributed by atoms with E-state index in [9.17, 15) is 4.79 Å². The first-order valence-corrected chi connectivity index (χ1v) is 10.4. The third-order valence-corrected chi connectivity index (χ3v) is 5.27. The number of rotatable bonds is 8. The molecule has 0 spiro atoms. The Bertz CT molecular complexity index is 793. The minimum Gasteiger partial charge on any atom is -0.489 e. The van der Waals surface area contributed by atoms with Gasteiger partial charge in [0.25, 0.3) is 5.91 Å². The van der Waals surface area contributed by atoms with Crippen LogP contribution in [0.4, 0.5) is 0 Å². The number of hydrogen-bond donors (Lipinski definition) is 1. The van der Waals surface area contributed by atoms with Crippen LogP contribution in [0, 0.1) is 0 Å². The predicted octanol–water partition coefficient (Wildman–Crippen LogP) is 3.07. The average molecular weight is 417 g/mol. The van der Waals surface area contributed by atoms with Crippen LogP contribution in [0.15, 0.2) is 42.6 Å². The number of ether oxygens (including phenoxy) is 1. The van der Waals surface area contributed by atoms with Crippen LogP contribution in [0.1, 0.15) is 28.9 Å². The molecule has 0 bridgehead atoms. The number of hydrogen-bond acceptors (Lipinski definition) is 5. The van der Waals surface area contributed by atoms with Gasteiger partial charge in [-0.15, -0.1) is 0 Å². The summed E-state index contributed by atoms with van der Waals surface area (Å²) in [5.74, 6) is 0.516. The quantitative estimate of drug-likeness (QED) is 0.716. The summed E-state index contributed by atoms with van der Waals surface area (Å²) in [6.07, 6.45) is 3.85. The van der Waals surface area contributed by atoms with Crippen molar-refractivity contribution < 1.29 is 9.53 Å². The molecule has 2 heterocycles. The molecule has 0 atom stereocenters. The SMILES string of the molecule is CN(C)CCNC(=O)c1ccc(OC2CCN(Cc3ccccn3)CC2)c(Cl)c1. The predicted molar refractivity (Wildman–Crippen MR) is 116 cm³/mol. The first kappa shape index (κ1) is 21.6. The second-order valence-corrected chi connectivity index (χ2v) is 8.03. The number of nitrogens with zero attached hydrogens (tertiary/aromatic N) is 3. The Labute approximate surface area is 177 Å². The fourth-order valence-corrected chi connectivity index (χ4v) is 3.54. The van der Waals surface area contributed by atoms with Crippen LogP contribution < -0.4 is 10.1 Å². The van der Waals surface area contributed by atoms with Gasteiger partial charge in [0.05, 0.1) is 10.7 Å². The number of piperidine rings is 1. The number of aromatic nitrogens is 1. The lowest BCUT2D eigenvalue weighted by Gasteiger charge is -2.32. The Morgan fingerprint density at radius 3 is 2.72 bits per heavy atom. The van der Waals surface area contributed by atoms with Gasteiger partial charge in [-0.3, -0.25) is 14.7 Å². The average Bonchev–Trinajstić information content (AvgIpc) is 2.71. The van der Waals surface area contributed by atoms with Crippen LogP contribution in [0.3, 0.4) is 0 Å². The molecule has 7 heteroatoms. The molecule has 1 aromatic carbocycles. The molecule has 0 radical (unpaired) electrons. The Balaban J connectivity index is 1.47. The van der Waals surface area contributed by atoms with Gasteiger partial charge in [-0.1, -0.05) is 17.7 Å². The van der Waals surface area contributed by atoms with Crippen molar-refractivity contribution in [3.05, 3.63) is 58.9 Å². The Morgan fingerprint density at radius 2 is 2.07 bits per heavy atom. The number of carbonyl (C=O) groups excluding carboxylic acids is 1. The van der Waals surface area contributed by atoms with E-state index in [2.05, 4.69) is 21.3 Å². The number of amides is 1. The van der Waals surface area contributed by atoms with E-state index >= 15 is 0 Å². The van der Waals surface area contributed by atoms with Crippen molar-refractivity contribution in [1.29, 1.82) is 0 Å². The number of benzene rings is 1. The van der Waals surface area contributed by atoms with Crippen LogP contribution in [-0.4, -0.2) is 67.1 Å². The Hall–Kier alpha value is -2.15. The number of halogens is 1. The largest absolute Gasteiger partial charge is 0.489 e. The molecule has 1 fully saturated rings. The molecule has 3 rings (SSSR count). The zero-order valence-corrected chi connectivity index (χ0v) is 17.9. The van der Waals surface area contributed by atoms with Gasteiger partial charge in [0, 0.05) is 44.5 Å². The van der Waals surface area contributed by atoms with Crippen molar-refractivity contribution in [3.63, 3.8) is 0 Å². The smallest absolute Gasteiger partial charge is 0.251 e. The highest BCUT2D eigenvalue weighted by Crippen LogP contribution is 2.28. The van der Waals surface area contributed by atoms with E-state index in [1.54, 1.807) is 18.2 Å². The third kappa shape index (κ3) is 6.70. The molecule has 1 amide bonds. The van der Waals surface area contributed by atoms with Crippen LogP contribution in [-0.2, 0) is 6.54 Å². The molecule has 1 N–H and O–H groups in total. The summed E-state index contributed by atoms with van der Waals surface area (Å²) in [4.78, 5) is 21.0. The van der Waals surface area contributed by atoms with Crippen molar-refractivity contribution in [2.45, 2.75) is 25.5 Å². The summed E-state index contributed by atoms with van der Waals surface area (Å²) in [5, 5.41) is 3.37. The van der Waals surface area contributed by atoms with Gasteiger partial charge in [-0.2, -0.15) is 0 Å².